The zero-order chi connectivity index (χ0) is 39.6. The summed E-state index contributed by atoms with van der Waals surface area (Å²) in [6.45, 7) is 7.51. The molecule has 5 atom stereocenters. The lowest BCUT2D eigenvalue weighted by molar-refractivity contribution is -0.145. The molecule has 0 radical (unpaired) electrons. The summed E-state index contributed by atoms with van der Waals surface area (Å²) in [7, 11) is 3.62. The first-order chi connectivity index (χ1) is 26.1. The Labute approximate surface area is 325 Å². The molecule has 1 saturated carbocycles. The smallest absolute Gasteiger partial charge is 0.265 e. The molecule has 290 valence electrons. The number of aromatic hydroxyl groups is 1. The average Bonchev–Trinajstić information content (AvgIpc) is 3.57. The number of Topliss-reactive ketones (excluding diaryl/α,β-unsaturated/α-hetero) is 3. The number of aromatic nitrogens is 1. The maximum atomic E-state index is 15.0. The van der Waals surface area contributed by atoms with E-state index in [4.69, 9.17) is 20.9 Å². The van der Waals surface area contributed by atoms with Crippen molar-refractivity contribution in [1.82, 2.24) is 15.0 Å². The Morgan fingerprint density at radius 2 is 1.78 bits per heavy atom. The molecule has 3 aromatic carbocycles. The number of carbonyl (C=O) groups is 4. The van der Waals surface area contributed by atoms with Crippen LogP contribution in [0.15, 0.2) is 53.1 Å². The highest BCUT2D eigenvalue weighted by Crippen LogP contribution is 2.59. The van der Waals surface area contributed by atoms with E-state index in [9.17, 15) is 24.6 Å². The Morgan fingerprint density at radius 1 is 1.05 bits per heavy atom. The molecule has 1 amide bonds. The molecule has 0 aliphatic heterocycles. The Bertz CT molecular complexity index is 2190. The third-order valence-corrected chi connectivity index (χ3v) is 12.2. The molecule has 0 bridgehead atoms. The van der Waals surface area contributed by atoms with E-state index in [1.54, 1.807) is 11.8 Å². The van der Waals surface area contributed by atoms with Crippen LogP contribution in [0.5, 0.6) is 11.6 Å². The lowest BCUT2D eigenvalue weighted by Gasteiger charge is -2.52. The number of halogens is 1. The lowest BCUT2D eigenvalue weighted by Crippen LogP contribution is -2.63. The minimum atomic E-state index is -1.95. The molecular formula is C43H48ClN3O8. The van der Waals surface area contributed by atoms with Crippen LogP contribution >= 0.6 is 11.6 Å². The van der Waals surface area contributed by atoms with Gasteiger partial charge in [-0.3, -0.25) is 24.1 Å². The highest BCUT2D eigenvalue weighted by atomic mass is 35.5. The van der Waals surface area contributed by atoms with Gasteiger partial charge in [0.05, 0.1) is 18.6 Å². The van der Waals surface area contributed by atoms with E-state index >= 15 is 4.79 Å². The lowest BCUT2D eigenvalue weighted by atomic mass is 9.49. The van der Waals surface area contributed by atoms with Gasteiger partial charge in [-0.25, -0.2) is 0 Å². The number of hydrogen-bond acceptors (Lipinski definition) is 10. The quantitative estimate of drug-likeness (QED) is 0.136. The van der Waals surface area contributed by atoms with Crippen molar-refractivity contribution in [3.63, 3.8) is 0 Å². The maximum absolute atomic E-state index is 15.0. The van der Waals surface area contributed by atoms with E-state index in [-0.39, 0.29) is 53.9 Å². The molecule has 11 nitrogen and oxygen atoms in total. The predicted octanol–water partition coefficient (Wildman–Crippen LogP) is 6.46. The van der Waals surface area contributed by atoms with Crippen molar-refractivity contribution >= 4 is 45.6 Å². The standard InChI is InChI=1S/C43H48ClN3O8/c1-23-28-17-25(20-47(16-10-15-44)41(53)42(2,3)4)13-14-27(28)35(49)29-18-26-19-30-34(46(5)6)37-33(40(45-55-37)54-21-24-11-8-7-9-12-24)39(52)43(30,22-48)38(51)32(26)36(50)31(23)29/h7-9,11-14,17,26,30,32,34,48-49H,10,15-16,18-22H2,1-6H3. The van der Waals surface area contributed by atoms with Gasteiger partial charge in [-0.1, -0.05) is 63.2 Å². The van der Waals surface area contributed by atoms with E-state index in [2.05, 4.69) is 5.16 Å². The van der Waals surface area contributed by atoms with Crippen LogP contribution in [0.25, 0.3) is 10.8 Å². The van der Waals surface area contributed by atoms with Crippen molar-refractivity contribution < 1.29 is 38.7 Å². The SMILES string of the molecule is Cc1c2c(c(O)c3ccc(CN(CCCCl)C(=O)C(C)(C)C)cc13)CC1CC3C(N(C)C)c4onc(OCc5ccccc5)c4C(=O)C3(CO)C(=O)C1C2=O. The van der Waals surface area contributed by atoms with Crippen molar-refractivity contribution in [3.05, 3.63) is 87.7 Å². The van der Waals surface area contributed by atoms with Crippen molar-refractivity contribution in [3.8, 4) is 11.6 Å². The van der Waals surface area contributed by atoms with Gasteiger partial charge in [0, 0.05) is 46.8 Å². The molecule has 12 heteroatoms. The Hall–Kier alpha value is -4.58. The van der Waals surface area contributed by atoms with E-state index in [0.29, 0.717) is 47.3 Å². The highest BCUT2D eigenvalue weighted by molar-refractivity contribution is 6.25. The molecule has 0 saturated heterocycles. The molecule has 0 spiro atoms. The number of ketones is 3. The molecule has 55 heavy (non-hydrogen) atoms. The maximum Gasteiger partial charge on any atom is 0.265 e. The second-order valence-corrected chi connectivity index (χ2v) is 17.0. The zero-order valence-corrected chi connectivity index (χ0v) is 32.9. The van der Waals surface area contributed by atoms with E-state index in [1.807, 2.05) is 88.3 Å². The second-order valence-electron chi connectivity index (χ2n) is 16.6. The molecular weight excluding hydrogens is 722 g/mol. The number of amides is 1. The number of hydrogen-bond donors (Lipinski definition) is 2. The van der Waals surface area contributed by atoms with Crippen LogP contribution in [-0.4, -0.2) is 81.6 Å². The van der Waals surface area contributed by atoms with Crippen LogP contribution < -0.4 is 4.74 Å². The fourth-order valence-corrected chi connectivity index (χ4v) is 9.46. The fourth-order valence-electron chi connectivity index (χ4n) is 9.34. The summed E-state index contributed by atoms with van der Waals surface area (Å²) in [5, 5.41) is 28.3. The van der Waals surface area contributed by atoms with Crippen LogP contribution in [0.4, 0.5) is 0 Å². The number of aryl methyl sites for hydroxylation is 1. The van der Waals surface area contributed by atoms with Crippen LogP contribution in [-0.2, 0) is 29.2 Å². The van der Waals surface area contributed by atoms with E-state index < -0.39 is 58.6 Å². The summed E-state index contributed by atoms with van der Waals surface area (Å²) in [4.78, 5) is 61.5. The van der Waals surface area contributed by atoms with Crippen LogP contribution in [0.3, 0.4) is 0 Å². The Morgan fingerprint density at radius 3 is 2.44 bits per heavy atom. The minimum Gasteiger partial charge on any atom is -0.507 e. The molecule has 3 aliphatic rings. The number of nitrogens with zero attached hydrogens (tertiary/aromatic N) is 3. The Balaban J connectivity index is 1.27. The first-order valence-electron chi connectivity index (χ1n) is 18.8. The van der Waals surface area contributed by atoms with Gasteiger partial charge in [0.15, 0.2) is 23.1 Å². The number of aliphatic hydroxyl groups is 1. The van der Waals surface area contributed by atoms with Crippen LogP contribution in [0, 0.1) is 35.5 Å². The number of carbonyl (C=O) groups excluding carboxylic acids is 4. The molecule has 7 rings (SSSR count). The summed E-state index contributed by atoms with van der Waals surface area (Å²) in [6.07, 6.45) is 1.10. The summed E-state index contributed by atoms with van der Waals surface area (Å²) in [5.41, 5.74) is 0.455. The van der Waals surface area contributed by atoms with Crippen molar-refractivity contribution in [2.45, 2.75) is 66.2 Å². The number of ether oxygens (including phenoxy) is 1. The average molecular weight is 770 g/mol. The normalized spacial score (nSPS) is 23.3. The van der Waals surface area contributed by atoms with E-state index in [1.165, 1.54) is 0 Å². The second kappa shape index (κ2) is 14.5. The predicted molar refractivity (Wildman–Crippen MR) is 206 cm³/mol. The van der Waals surface area contributed by atoms with Gasteiger partial charge in [0.1, 0.15) is 23.3 Å². The summed E-state index contributed by atoms with van der Waals surface area (Å²) >= 11 is 6.00. The number of phenols is 1. The summed E-state index contributed by atoms with van der Waals surface area (Å²) in [6, 6.07) is 14.3. The van der Waals surface area contributed by atoms with Crippen LogP contribution in [0.1, 0.15) is 88.4 Å². The summed E-state index contributed by atoms with van der Waals surface area (Å²) in [5.74, 6) is -3.69. The minimum absolute atomic E-state index is 0.00720. The van der Waals surface area contributed by atoms with Crippen molar-refractivity contribution in [2.75, 3.05) is 33.1 Å². The summed E-state index contributed by atoms with van der Waals surface area (Å²) < 4.78 is 11.8. The van der Waals surface area contributed by atoms with Gasteiger partial charge in [-0.15, -0.1) is 11.6 Å². The molecule has 3 aliphatic carbocycles. The zero-order valence-electron chi connectivity index (χ0n) is 32.1. The number of alkyl halides is 1. The number of fused-ring (bicyclic) bond motifs is 5. The fraction of sp³-hybridized carbons (Fsp3) is 0.465. The Kier molecular flexibility index (Phi) is 10.2. The van der Waals surface area contributed by atoms with Gasteiger partial charge < -0.3 is 24.4 Å². The first kappa shape index (κ1) is 38.7. The molecule has 1 fully saturated rings. The van der Waals surface area contributed by atoms with Crippen LogP contribution in [0.2, 0.25) is 0 Å². The molecule has 4 aromatic rings. The highest BCUT2D eigenvalue weighted by Gasteiger charge is 2.67. The van der Waals surface area contributed by atoms with E-state index in [0.717, 1.165) is 11.1 Å². The number of benzene rings is 3. The monoisotopic (exact) mass is 769 g/mol. The van der Waals surface area contributed by atoms with Crippen molar-refractivity contribution in [1.29, 1.82) is 0 Å². The third-order valence-electron chi connectivity index (χ3n) is 11.9. The first-order valence-corrected chi connectivity index (χ1v) is 19.4. The number of aliphatic hydroxyl groups excluding tert-OH is 1. The molecule has 1 aromatic heterocycles. The third kappa shape index (κ3) is 6.24. The number of rotatable bonds is 10. The molecule has 1 heterocycles. The topological polar surface area (TPSA) is 150 Å². The van der Waals surface area contributed by atoms with Crippen molar-refractivity contribution in [2.24, 2.45) is 28.6 Å². The van der Waals surface area contributed by atoms with Gasteiger partial charge in [-0.2, -0.15) is 0 Å². The van der Waals surface area contributed by atoms with Gasteiger partial charge in [0.2, 0.25) is 5.91 Å². The van der Waals surface area contributed by atoms with Gasteiger partial charge >= 0.3 is 0 Å². The van der Waals surface area contributed by atoms with Gasteiger partial charge in [0.25, 0.3) is 5.88 Å². The molecule has 5 unspecified atom stereocenters. The molecule has 2 N–H and O–H groups in total. The largest absolute Gasteiger partial charge is 0.507 e. The number of phenolic OH excluding ortho intramolecular Hbond substituents is 1. The van der Waals surface area contributed by atoms with Gasteiger partial charge in [-0.05, 0) is 79.5 Å².